The number of aryl methyl sites for hydroxylation is 3. The maximum absolute atomic E-state index is 4.85. The molecule has 0 aromatic carbocycles. The van der Waals surface area contributed by atoms with Crippen molar-refractivity contribution in [1.82, 2.24) is 29.1 Å². The minimum Gasteiger partial charge on any atom is -0.400 e. The largest absolute Gasteiger partial charge is 0.400 e. The molecule has 0 bridgehead atoms. The van der Waals surface area contributed by atoms with Crippen molar-refractivity contribution >= 4 is 7.12 Å². The van der Waals surface area contributed by atoms with Crippen molar-refractivity contribution in [2.24, 2.45) is 0 Å². The first-order chi connectivity index (χ1) is 11.6. The second kappa shape index (κ2) is 5.90. The zero-order valence-corrected chi connectivity index (χ0v) is 16.9. The van der Waals surface area contributed by atoms with Crippen LogP contribution in [0.2, 0.25) is 0 Å². The standard InChI is InChI=1S/C18H28BN6/c1-10-13(4)20-23(16(10)7)19(24-17(8)11(2)14(5)21-24)25-18(9)12(3)15(6)22-25/h19H,1-9H3/q-1. The Balaban J connectivity index is 2.34. The molecule has 7 heteroatoms. The molecule has 0 unspecified atom stereocenters. The fourth-order valence-corrected chi connectivity index (χ4v) is 3.57. The maximum Gasteiger partial charge on any atom is 0.326 e. The Morgan fingerprint density at radius 2 is 0.720 bits per heavy atom. The first-order valence-electron chi connectivity index (χ1n) is 8.89. The Kier molecular flexibility index (Phi) is 4.13. The fraction of sp³-hybridized carbons (Fsp3) is 0.500. The first kappa shape index (κ1) is 17.5. The molecular formula is C18H28BN6-. The van der Waals surface area contributed by atoms with Crippen LogP contribution in [0, 0.1) is 62.3 Å². The van der Waals surface area contributed by atoms with Gasteiger partial charge in [-0.05, 0) is 96.1 Å². The van der Waals surface area contributed by atoms with Gasteiger partial charge in [0.25, 0.3) is 0 Å². The summed E-state index contributed by atoms with van der Waals surface area (Å²) < 4.78 is 6.38. The summed E-state index contributed by atoms with van der Waals surface area (Å²) in [5.41, 5.74) is 10.4. The summed E-state index contributed by atoms with van der Waals surface area (Å²) >= 11 is 0. The number of hydrogen-bond acceptors (Lipinski definition) is 3. The van der Waals surface area contributed by atoms with Crippen LogP contribution in [-0.4, -0.2) is 36.2 Å². The van der Waals surface area contributed by atoms with Crippen molar-refractivity contribution in [3.8, 4) is 0 Å². The highest BCUT2D eigenvalue weighted by molar-refractivity contribution is 6.53. The minimum absolute atomic E-state index is 1.06. The van der Waals surface area contributed by atoms with Crippen LogP contribution in [0.15, 0.2) is 0 Å². The van der Waals surface area contributed by atoms with Crippen molar-refractivity contribution in [3.63, 3.8) is 0 Å². The van der Waals surface area contributed by atoms with Crippen LogP contribution in [0.1, 0.15) is 50.9 Å². The second-order valence-corrected chi connectivity index (χ2v) is 7.31. The van der Waals surface area contributed by atoms with Crippen LogP contribution in [0.5, 0.6) is 0 Å². The van der Waals surface area contributed by atoms with E-state index in [4.69, 9.17) is 15.3 Å². The van der Waals surface area contributed by atoms with E-state index >= 15 is 0 Å². The molecular weight excluding hydrogens is 311 g/mol. The monoisotopic (exact) mass is 339 g/mol. The topological polar surface area (TPSA) is 53.5 Å². The van der Waals surface area contributed by atoms with Gasteiger partial charge in [0.15, 0.2) is 0 Å². The van der Waals surface area contributed by atoms with Crippen molar-refractivity contribution in [1.29, 1.82) is 0 Å². The van der Waals surface area contributed by atoms with Crippen LogP contribution >= 0.6 is 0 Å². The summed E-state index contributed by atoms with van der Waals surface area (Å²) in [4.78, 5) is 0. The van der Waals surface area contributed by atoms with Crippen molar-refractivity contribution in [2.45, 2.75) is 62.3 Å². The molecule has 25 heavy (non-hydrogen) atoms. The van der Waals surface area contributed by atoms with Gasteiger partial charge in [-0.15, -0.1) is 0 Å². The summed E-state index contributed by atoms with van der Waals surface area (Å²) in [6.07, 6.45) is 0. The van der Waals surface area contributed by atoms with Gasteiger partial charge < -0.3 is 13.8 Å². The minimum atomic E-state index is -1.32. The predicted molar refractivity (Wildman–Crippen MR) is 103 cm³/mol. The molecule has 0 saturated carbocycles. The maximum atomic E-state index is 4.85. The van der Waals surface area contributed by atoms with Gasteiger partial charge in [0.2, 0.25) is 0 Å². The van der Waals surface area contributed by atoms with Crippen molar-refractivity contribution < 1.29 is 0 Å². The smallest absolute Gasteiger partial charge is 0.326 e. The lowest BCUT2D eigenvalue weighted by molar-refractivity contribution is 0.729. The average Bonchev–Trinajstić information content (AvgIpc) is 3.08. The third kappa shape index (κ3) is 2.53. The SMILES string of the molecule is Cc1nn([BH-](n2nc(C)c(C)c2C)n2nc(C)c(C)c2C)c(C)c1C. The fourth-order valence-electron chi connectivity index (χ4n) is 3.57. The second-order valence-electron chi connectivity index (χ2n) is 7.31. The summed E-state index contributed by atoms with van der Waals surface area (Å²) in [6.45, 7) is 19.0. The highest BCUT2D eigenvalue weighted by atomic mass is 15.5. The number of nitrogens with zero attached hydrogens (tertiary/aromatic N) is 6. The predicted octanol–water partition coefficient (Wildman–Crippen LogP) is 2.71. The average molecular weight is 339 g/mol. The van der Waals surface area contributed by atoms with Gasteiger partial charge in [-0.1, -0.05) is 0 Å². The van der Waals surface area contributed by atoms with Gasteiger partial charge >= 0.3 is 7.12 Å². The van der Waals surface area contributed by atoms with Gasteiger partial charge in [-0.3, -0.25) is 0 Å². The third-order valence-corrected chi connectivity index (χ3v) is 6.03. The van der Waals surface area contributed by atoms with Crippen molar-refractivity contribution in [2.75, 3.05) is 0 Å². The lowest BCUT2D eigenvalue weighted by Gasteiger charge is -2.31. The van der Waals surface area contributed by atoms with E-state index in [0.29, 0.717) is 0 Å². The molecule has 0 fully saturated rings. The molecule has 0 aliphatic carbocycles. The van der Waals surface area contributed by atoms with Crippen LogP contribution < -0.4 is 0 Å². The number of aromatic nitrogens is 6. The molecule has 134 valence electrons. The lowest BCUT2D eigenvalue weighted by atomic mass is 9.92. The quantitative estimate of drug-likeness (QED) is 0.690. The van der Waals surface area contributed by atoms with E-state index in [2.05, 4.69) is 76.1 Å². The van der Waals surface area contributed by atoms with Gasteiger partial charge in [-0.2, -0.15) is 0 Å². The van der Waals surface area contributed by atoms with E-state index in [1.54, 1.807) is 0 Å². The number of hydrogen-bond donors (Lipinski definition) is 0. The summed E-state index contributed by atoms with van der Waals surface area (Å²) in [5, 5.41) is 14.6. The van der Waals surface area contributed by atoms with Gasteiger partial charge in [0.1, 0.15) is 0 Å². The molecule has 0 saturated heterocycles. The molecule has 3 heterocycles. The highest BCUT2D eigenvalue weighted by Crippen LogP contribution is 2.19. The molecule has 3 aromatic rings. The van der Waals surface area contributed by atoms with E-state index in [1.807, 2.05) is 0 Å². The Labute approximate surface area is 150 Å². The molecule has 3 rings (SSSR count). The zero-order chi connectivity index (χ0) is 18.6. The summed E-state index contributed by atoms with van der Waals surface area (Å²) in [6, 6.07) is 0. The Morgan fingerprint density at radius 3 is 0.880 bits per heavy atom. The molecule has 6 nitrogen and oxygen atoms in total. The van der Waals surface area contributed by atoms with Crippen LogP contribution in [0.3, 0.4) is 0 Å². The summed E-state index contributed by atoms with van der Waals surface area (Å²) in [7, 11) is -1.32. The molecule has 0 atom stereocenters. The Hall–Kier alpha value is -2.31. The highest BCUT2D eigenvalue weighted by Gasteiger charge is 2.22. The van der Waals surface area contributed by atoms with E-state index in [1.165, 1.54) is 33.8 Å². The molecule has 0 N–H and O–H groups in total. The molecule has 0 aliphatic rings. The normalized spacial score (nSPS) is 11.8. The third-order valence-electron chi connectivity index (χ3n) is 6.03. The zero-order valence-electron chi connectivity index (χ0n) is 16.9. The molecule has 3 aromatic heterocycles. The van der Waals surface area contributed by atoms with Crippen LogP contribution in [0.25, 0.3) is 0 Å². The lowest BCUT2D eigenvalue weighted by Crippen LogP contribution is -2.45. The Bertz CT molecular complexity index is 835. The first-order valence-corrected chi connectivity index (χ1v) is 8.89. The molecule has 0 spiro atoms. The number of rotatable bonds is 3. The van der Waals surface area contributed by atoms with Crippen LogP contribution in [-0.2, 0) is 0 Å². The van der Waals surface area contributed by atoms with E-state index in [0.717, 1.165) is 17.1 Å². The van der Waals surface area contributed by atoms with Gasteiger partial charge in [0.05, 0.1) is 17.1 Å². The van der Waals surface area contributed by atoms with Gasteiger partial charge in [-0.25, -0.2) is 15.3 Å². The van der Waals surface area contributed by atoms with Gasteiger partial charge in [0, 0.05) is 0 Å². The van der Waals surface area contributed by atoms with Crippen molar-refractivity contribution in [3.05, 3.63) is 50.9 Å². The molecule has 0 radical (unpaired) electrons. The van der Waals surface area contributed by atoms with E-state index in [-0.39, 0.29) is 0 Å². The van der Waals surface area contributed by atoms with Crippen LogP contribution in [0.4, 0.5) is 0 Å². The van der Waals surface area contributed by atoms with E-state index < -0.39 is 7.12 Å². The van der Waals surface area contributed by atoms with E-state index in [9.17, 15) is 0 Å². The summed E-state index contributed by atoms with van der Waals surface area (Å²) in [5.74, 6) is 0. The Morgan fingerprint density at radius 1 is 0.480 bits per heavy atom. The molecule has 0 aliphatic heterocycles. The molecule has 0 amide bonds.